The maximum atomic E-state index is 5.39. The van der Waals surface area contributed by atoms with Gasteiger partial charge in [-0.3, -0.25) is 0 Å². The van der Waals surface area contributed by atoms with Gasteiger partial charge in [0.25, 0.3) is 0 Å². The van der Waals surface area contributed by atoms with Gasteiger partial charge in [-0.1, -0.05) is 22.0 Å². The highest BCUT2D eigenvalue weighted by atomic mass is 79.9. The third-order valence-corrected chi connectivity index (χ3v) is 2.47. The van der Waals surface area contributed by atoms with Crippen LogP contribution in [-0.4, -0.2) is 12.0 Å². The molecule has 0 radical (unpaired) electrons. The summed E-state index contributed by atoms with van der Waals surface area (Å²) in [4.78, 5) is 4.36. The molecule has 15 heavy (non-hydrogen) atoms. The quantitative estimate of drug-likeness (QED) is 0.929. The Hall–Kier alpha value is -1.13. The molecular formula is C11H11BrN2O. The van der Waals surface area contributed by atoms with E-state index in [4.69, 9.17) is 4.42 Å². The zero-order valence-corrected chi connectivity index (χ0v) is 9.91. The number of hydrogen-bond acceptors (Lipinski definition) is 3. The van der Waals surface area contributed by atoms with Gasteiger partial charge in [-0.05, 0) is 25.2 Å². The number of hydrogen-bond donors (Lipinski definition) is 1. The summed E-state index contributed by atoms with van der Waals surface area (Å²) in [5, 5.41) is 3.03. The van der Waals surface area contributed by atoms with Gasteiger partial charge in [-0.2, -0.15) is 0 Å². The van der Waals surface area contributed by atoms with Gasteiger partial charge in [0.1, 0.15) is 6.26 Å². The normalized spacial score (nSPS) is 10.5. The van der Waals surface area contributed by atoms with Crippen LogP contribution in [0.2, 0.25) is 0 Å². The SMILES string of the molecule is CNCc1coc(-c2cccc(Br)c2)n1. The molecule has 0 bridgehead atoms. The van der Waals surface area contributed by atoms with E-state index in [2.05, 4.69) is 26.2 Å². The van der Waals surface area contributed by atoms with Crippen molar-refractivity contribution < 1.29 is 4.42 Å². The zero-order chi connectivity index (χ0) is 10.7. The Bertz CT molecular complexity index is 453. The minimum atomic E-state index is 0.654. The number of nitrogens with zero attached hydrogens (tertiary/aromatic N) is 1. The van der Waals surface area contributed by atoms with Crippen LogP contribution in [0.3, 0.4) is 0 Å². The van der Waals surface area contributed by atoms with E-state index in [0.29, 0.717) is 5.89 Å². The van der Waals surface area contributed by atoms with Crippen LogP contribution in [0.25, 0.3) is 11.5 Å². The first kappa shape index (κ1) is 10.4. The zero-order valence-electron chi connectivity index (χ0n) is 8.33. The first-order valence-electron chi connectivity index (χ1n) is 4.64. The van der Waals surface area contributed by atoms with Crippen LogP contribution in [0.15, 0.2) is 39.4 Å². The fraction of sp³-hybridized carbons (Fsp3) is 0.182. The topological polar surface area (TPSA) is 38.1 Å². The summed E-state index contributed by atoms with van der Waals surface area (Å²) in [7, 11) is 1.88. The van der Waals surface area contributed by atoms with E-state index in [1.807, 2.05) is 31.3 Å². The monoisotopic (exact) mass is 266 g/mol. The van der Waals surface area contributed by atoms with Crippen molar-refractivity contribution in [2.45, 2.75) is 6.54 Å². The third kappa shape index (κ3) is 2.46. The minimum Gasteiger partial charge on any atom is -0.444 e. The largest absolute Gasteiger partial charge is 0.444 e. The van der Waals surface area contributed by atoms with Crippen molar-refractivity contribution in [3.05, 3.63) is 40.7 Å². The highest BCUT2D eigenvalue weighted by Crippen LogP contribution is 2.22. The summed E-state index contributed by atoms with van der Waals surface area (Å²) in [5.74, 6) is 0.654. The molecule has 4 heteroatoms. The molecule has 1 aromatic carbocycles. The average Bonchev–Trinajstić information content (AvgIpc) is 2.67. The van der Waals surface area contributed by atoms with E-state index in [0.717, 1.165) is 22.3 Å². The van der Waals surface area contributed by atoms with Gasteiger partial charge in [0.05, 0.1) is 5.69 Å². The Labute approximate surface area is 96.6 Å². The second-order valence-corrected chi connectivity index (χ2v) is 4.10. The molecule has 78 valence electrons. The summed E-state index contributed by atoms with van der Waals surface area (Å²) in [6.45, 7) is 0.720. The number of oxazole rings is 1. The summed E-state index contributed by atoms with van der Waals surface area (Å²) in [6, 6.07) is 7.89. The number of halogens is 1. The molecule has 0 aliphatic rings. The Morgan fingerprint density at radius 1 is 1.47 bits per heavy atom. The maximum absolute atomic E-state index is 5.39. The number of benzene rings is 1. The lowest BCUT2D eigenvalue weighted by molar-refractivity contribution is 0.571. The van der Waals surface area contributed by atoms with Crippen molar-refractivity contribution in [2.24, 2.45) is 0 Å². The fourth-order valence-corrected chi connectivity index (χ4v) is 1.72. The molecule has 1 heterocycles. The Morgan fingerprint density at radius 3 is 3.07 bits per heavy atom. The van der Waals surface area contributed by atoms with Gasteiger partial charge < -0.3 is 9.73 Å². The summed E-state index contributed by atoms with van der Waals surface area (Å²) in [6.07, 6.45) is 1.67. The molecule has 1 N–H and O–H groups in total. The van der Waals surface area contributed by atoms with Crippen LogP contribution < -0.4 is 5.32 Å². The Kier molecular flexibility index (Phi) is 3.18. The summed E-state index contributed by atoms with van der Waals surface area (Å²) in [5.41, 5.74) is 1.89. The average molecular weight is 267 g/mol. The van der Waals surface area contributed by atoms with E-state index >= 15 is 0 Å². The number of aromatic nitrogens is 1. The van der Waals surface area contributed by atoms with Crippen LogP contribution in [0, 0.1) is 0 Å². The lowest BCUT2D eigenvalue weighted by atomic mass is 10.2. The predicted molar refractivity (Wildman–Crippen MR) is 62.4 cm³/mol. The first-order chi connectivity index (χ1) is 7.29. The van der Waals surface area contributed by atoms with Crippen molar-refractivity contribution in [1.82, 2.24) is 10.3 Å². The second kappa shape index (κ2) is 4.59. The highest BCUT2D eigenvalue weighted by molar-refractivity contribution is 9.10. The Morgan fingerprint density at radius 2 is 2.33 bits per heavy atom. The predicted octanol–water partition coefficient (Wildman–Crippen LogP) is 2.82. The molecule has 0 fully saturated rings. The molecule has 0 saturated carbocycles. The van der Waals surface area contributed by atoms with Crippen LogP contribution in [0.5, 0.6) is 0 Å². The van der Waals surface area contributed by atoms with Gasteiger partial charge in [-0.25, -0.2) is 4.98 Å². The van der Waals surface area contributed by atoms with Crippen LogP contribution in [0.1, 0.15) is 5.69 Å². The molecule has 1 aromatic heterocycles. The Balaban J connectivity index is 2.29. The maximum Gasteiger partial charge on any atom is 0.226 e. The summed E-state index contributed by atoms with van der Waals surface area (Å²) >= 11 is 3.42. The third-order valence-electron chi connectivity index (χ3n) is 1.98. The van der Waals surface area contributed by atoms with Crippen LogP contribution in [-0.2, 0) is 6.54 Å². The second-order valence-electron chi connectivity index (χ2n) is 3.18. The van der Waals surface area contributed by atoms with Crippen LogP contribution in [0.4, 0.5) is 0 Å². The fourth-order valence-electron chi connectivity index (χ4n) is 1.32. The van der Waals surface area contributed by atoms with E-state index in [1.165, 1.54) is 0 Å². The van der Waals surface area contributed by atoms with E-state index in [9.17, 15) is 0 Å². The molecule has 0 spiro atoms. The molecule has 0 unspecified atom stereocenters. The first-order valence-corrected chi connectivity index (χ1v) is 5.44. The van der Waals surface area contributed by atoms with Gasteiger partial charge in [0.2, 0.25) is 5.89 Å². The van der Waals surface area contributed by atoms with E-state index < -0.39 is 0 Å². The molecule has 0 atom stereocenters. The van der Waals surface area contributed by atoms with Crippen LogP contribution >= 0.6 is 15.9 Å². The van der Waals surface area contributed by atoms with Gasteiger partial charge in [0, 0.05) is 16.6 Å². The number of nitrogens with one attached hydrogen (secondary N) is 1. The van der Waals surface area contributed by atoms with Gasteiger partial charge >= 0.3 is 0 Å². The standard InChI is InChI=1S/C11H11BrN2O/c1-13-6-10-7-15-11(14-10)8-3-2-4-9(12)5-8/h2-5,7,13H,6H2,1H3. The van der Waals surface area contributed by atoms with Gasteiger partial charge in [-0.15, -0.1) is 0 Å². The van der Waals surface area contributed by atoms with Crippen molar-refractivity contribution >= 4 is 15.9 Å². The van der Waals surface area contributed by atoms with Crippen molar-refractivity contribution in [3.8, 4) is 11.5 Å². The summed E-state index contributed by atoms with van der Waals surface area (Å²) < 4.78 is 6.41. The molecule has 0 amide bonds. The molecule has 2 rings (SSSR count). The molecule has 3 nitrogen and oxygen atoms in total. The van der Waals surface area contributed by atoms with E-state index in [-0.39, 0.29) is 0 Å². The highest BCUT2D eigenvalue weighted by Gasteiger charge is 2.05. The van der Waals surface area contributed by atoms with Crippen molar-refractivity contribution in [3.63, 3.8) is 0 Å². The minimum absolute atomic E-state index is 0.654. The van der Waals surface area contributed by atoms with Crippen molar-refractivity contribution in [1.29, 1.82) is 0 Å². The molecule has 0 saturated heterocycles. The molecule has 0 aliphatic carbocycles. The lowest BCUT2D eigenvalue weighted by Crippen LogP contribution is -2.04. The molecule has 0 aliphatic heterocycles. The molecule has 2 aromatic rings. The smallest absolute Gasteiger partial charge is 0.226 e. The van der Waals surface area contributed by atoms with E-state index in [1.54, 1.807) is 6.26 Å². The lowest BCUT2D eigenvalue weighted by Gasteiger charge is -1.95. The number of rotatable bonds is 3. The molecular weight excluding hydrogens is 256 g/mol. The van der Waals surface area contributed by atoms with Crippen molar-refractivity contribution in [2.75, 3.05) is 7.05 Å². The van der Waals surface area contributed by atoms with Gasteiger partial charge in [0.15, 0.2) is 0 Å².